The molecule has 1 aromatic heterocycles. The van der Waals surface area contributed by atoms with Crippen LogP contribution in [-0.4, -0.2) is 16.5 Å². The number of nitrogens with zero attached hydrogens (tertiary/aromatic N) is 2. The summed E-state index contributed by atoms with van der Waals surface area (Å²) in [5.41, 5.74) is 0.377. The van der Waals surface area contributed by atoms with E-state index in [1.165, 1.54) is 6.07 Å². The first kappa shape index (κ1) is 14.7. The summed E-state index contributed by atoms with van der Waals surface area (Å²) >= 11 is 3.33. The first-order chi connectivity index (χ1) is 9.62. The van der Waals surface area contributed by atoms with Crippen LogP contribution in [0, 0.1) is 5.82 Å². The maximum absolute atomic E-state index is 13.7. The normalized spacial score (nSPS) is 10.4. The number of aromatic nitrogens is 2. The van der Waals surface area contributed by atoms with Crippen molar-refractivity contribution in [2.45, 2.75) is 20.3 Å². The minimum Gasteiger partial charge on any atom is -0.370 e. The Hall–Kier alpha value is -1.69. The average Bonchev–Trinajstić information content (AvgIpc) is 2.43. The molecule has 106 valence electrons. The predicted octanol–water partition coefficient (Wildman–Crippen LogP) is 4.12. The fourth-order valence-corrected chi connectivity index (χ4v) is 2.08. The molecule has 0 saturated heterocycles. The Balaban J connectivity index is 2.32. The zero-order valence-electron chi connectivity index (χ0n) is 11.4. The number of hydrogen-bond acceptors (Lipinski definition) is 4. The van der Waals surface area contributed by atoms with Crippen molar-refractivity contribution in [2.75, 3.05) is 17.2 Å². The van der Waals surface area contributed by atoms with Crippen LogP contribution in [0.2, 0.25) is 0 Å². The third-order valence-electron chi connectivity index (χ3n) is 2.64. The van der Waals surface area contributed by atoms with Crippen molar-refractivity contribution in [3.63, 3.8) is 0 Å². The quantitative estimate of drug-likeness (QED) is 0.861. The fraction of sp³-hybridized carbons (Fsp3) is 0.286. The third kappa shape index (κ3) is 3.66. The molecule has 0 aliphatic heterocycles. The Kier molecular flexibility index (Phi) is 4.89. The summed E-state index contributed by atoms with van der Waals surface area (Å²) in [6.07, 6.45) is 0.717. The van der Waals surface area contributed by atoms with Gasteiger partial charge in [0.1, 0.15) is 23.3 Å². The molecule has 0 radical (unpaired) electrons. The molecule has 1 aromatic carbocycles. The van der Waals surface area contributed by atoms with E-state index in [-0.39, 0.29) is 5.82 Å². The minimum atomic E-state index is -0.324. The number of halogens is 2. The molecule has 6 heteroatoms. The molecule has 20 heavy (non-hydrogen) atoms. The molecule has 0 unspecified atom stereocenters. The SMILES string of the molecule is CCNc1cc(Nc2cc(Br)ccc2F)nc(CC)n1. The van der Waals surface area contributed by atoms with Crippen LogP contribution in [-0.2, 0) is 6.42 Å². The smallest absolute Gasteiger partial charge is 0.146 e. The van der Waals surface area contributed by atoms with Crippen molar-refractivity contribution in [3.05, 3.63) is 40.4 Å². The first-order valence-electron chi connectivity index (χ1n) is 6.46. The molecule has 1 heterocycles. The van der Waals surface area contributed by atoms with E-state index in [4.69, 9.17) is 0 Å². The lowest BCUT2D eigenvalue weighted by Gasteiger charge is -2.11. The van der Waals surface area contributed by atoms with E-state index in [0.29, 0.717) is 17.3 Å². The molecule has 4 nitrogen and oxygen atoms in total. The lowest BCUT2D eigenvalue weighted by molar-refractivity contribution is 0.631. The first-order valence-corrected chi connectivity index (χ1v) is 7.25. The number of benzene rings is 1. The number of aryl methyl sites for hydroxylation is 1. The average molecular weight is 339 g/mol. The topological polar surface area (TPSA) is 49.8 Å². The Morgan fingerprint density at radius 1 is 1.15 bits per heavy atom. The second kappa shape index (κ2) is 6.65. The monoisotopic (exact) mass is 338 g/mol. The van der Waals surface area contributed by atoms with Gasteiger partial charge in [-0.3, -0.25) is 0 Å². The van der Waals surface area contributed by atoms with E-state index < -0.39 is 0 Å². The lowest BCUT2D eigenvalue weighted by atomic mass is 10.3. The summed E-state index contributed by atoms with van der Waals surface area (Å²) in [5, 5.41) is 6.13. The standard InChI is InChI=1S/C14H16BrFN4/c1-3-12-19-13(17-4-2)8-14(20-12)18-11-7-9(15)5-6-10(11)16/h5-8H,3-4H2,1-2H3,(H2,17,18,19,20). The lowest BCUT2D eigenvalue weighted by Crippen LogP contribution is -2.06. The zero-order chi connectivity index (χ0) is 14.5. The van der Waals surface area contributed by atoms with Gasteiger partial charge < -0.3 is 10.6 Å². The molecule has 2 rings (SSSR count). The second-order valence-electron chi connectivity index (χ2n) is 4.19. The van der Waals surface area contributed by atoms with Gasteiger partial charge in [-0.2, -0.15) is 0 Å². The summed E-state index contributed by atoms with van der Waals surface area (Å²) in [6, 6.07) is 6.50. The Labute approximate surface area is 126 Å². The van der Waals surface area contributed by atoms with Gasteiger partial charge in [0.25, 0.3) is 0 Å². The Morgan fingerprint density at radius 2 is 1.90 bits per heavy atom. The van der Waals surface area contributed by atoms with Gasteiger partial charge in [-0.05, 0) is 25.1 Å². The fourth-order valence-electron chi connectivity index (χ4n) is 1.72. The molecule has 0 saturated carbocycles. The van der Waals surface area contributed by atoms with Gasteiger partial charge in [0.2, 0.25) is 0 Å². The summed E-state index contributed by atoms with van der Waals surface area (Å²) in [5.74, 6) is 1.69. The summed E-state index contributed by atoms with van der Waals surface area (Å²) in [4.78, 5) is 8.71. The Bertz CT molecular complexity index is 604. The number of hydrogen-bond donors (Lipinski definition) is 2. The highest BCUT2D eigenvalue weighted by Gasteiger charge is 2.07. The van der Waals surface area contributed by atoms with Crippen molar-refractivity contribution in [1.29, 1.82) is 0 Å². The highest BCUT2D eigenvalue weighted by molar-refractivity contribution is 9.10. The van der Waals surface area contributed by atoms with Crippen LogP contribution in [0.15, 0.2) is 28.7 Å². The van der Waals surface area contributed by atoms with Crippen molar-refractivity contribution >= 4 is 33.3 Å². The van der Waals surface area contributed by atoms with Crippen LogP contribution in [0.3, 0.4) is 0 Å². The summed E-state index contributed by atoms with van der Waals surface area (Å²) in [6.45, 7) is 4.74. The molecule has 0 aliphatic carbocycles. The van der Waals surface area contributed by atoms with Gasteiger partial charge in [0.15, 0.2) is 0 Å². The molecule has 0 aliphatic rings. The van der Waals surface area contributed by atoms with E-state index in [1.54, 1.807) is 18.2 Å². The molecular formula is C14H16BrFN4. The van der Waals surface area contributed by atoms with Gasteiger partial charge in [0.05, 0.1) is 5.69 Å². The van der Waals surface area contributed by atoms with E-state index in [9.17, 15) is 4.39 Å². The number of anilines is 3. The highest BCUT2D eigenvalue weighted by atomic mass is 79.9. The van der Waals surface area contributed by atoms with Crippen molar-refractivity contribution in [3.8, 4) is 0 Å². The van der Waals surface area contributed by atoms with E-state index in [0.717, 1.165) is 23.3 Å². The van der Waals surface area contributed by atoms with Crippen molar-refractivity contribution in [2.24, 2.45) is 0 Å². The van der Waals surface area contributed by atoms with Gasteiger partial charge in [-0.25, -0.2) is 14.4 Å². The van der Waals surface area contributed by atoms with Crippen molar-refractivity contribution in [1.82, 2.24) is 9.97 Å². The number of nitrogens with one attached hydrogen (secondary N) is 2. The molecule has 0 spiro atoms. The van der Waals surface area contributed by atoms with E-state index >= 15 is 0 Å². The van der Waals surface area contributed by atoms with Crippen LogP contribution in [0.1, 0.15) is 19.7 Å². The molecule has 2 N–H and O–H groups in total. The predicted molar refractivity (Wildman–Crippen MR) is 83.0 cm³/mol. The molecule has 0 bridgehead atoms. The molecule has 0 amide bonds. The minimum absolute atomic E-state index is 0.324. The van der Waals surface area contributed by atoms with Crippen LogP contribution in [0.5, 0.6) is 0 Å². The Morgan fingerprint density at radius 3 is 2.60 bits per heavy atom. The largest absolute Gasteiger partial charge is 0.370 e. The van der Waals surface area contributed by atoms with Gasteiger partial charge in [0, 0.05) is 23.5 Å². The molecule has 0 fully saturated rings. The molecule has 0 atom stereocenters. The van der Waals surface area contributed by atoms with Gasteiger partial charge in [-0.1, -0.05) is 22.9 Å². The maximum Gasteiger partial charge on any atom is 0.146 e. The molecule has 2 aromatic rings. The van der Waals surface area contributed by atoms with E-state index in [1.807, 2.05) is 13.8 Å². The number of rotatable bonds is 5. The van der Waals surface area contributed by atoms with Gasteiger partial charge in [-0.15, -0.1) is 0 Å². The van der Waals surface area contributed by atoms with Gasteiger partial charge >= 0.3 is 0 Å². The summed E-state index contributed by atoms with van der Waals surface area (Å²) in [7, 11) is 0. The second-order valence-corrected chi connectivity index (χ2v) is 5.10. The van der Waals surface area contributed by atoms with E-state index in [2.05, 4.69) is 36.5 Å². The van der Waals surface area contributed by atoms with Crippen LogP contribution in [0.25, 0.3) is 0 Å². The molecular weight excluding hydrogens is 323 g/mol. The maximum atomic E-state index is 13.7. The van der Waals surface area contributed by atoms with Crippen LogP contribution in [0.4, 0.5) is 21.7 Å². The van der Waals surface area contributed by atoms with Crippen LogP contribution < -0.4 is 10.6 Å². The van der Waals surface area contributed by atoms with Crippen LogP contribution >= 0.6 is 15.9 Å². The zero-order valence-corrected chi connectivity index (χ0v) is 13.0. The highest BCUT2D eigenvalue weighted by Crippen LogP contribution is 2.24. The van der Waals surface area contributed by atoms with Crippen molar-refractivity contribution < 1.29 is 4.39 Å². The third-order valence-corrected chi connectivity index (χ3v) is 3.13. The summed E-state index contributed by atoms with van der Waals surface area (Å²) < 4.78 is 14.5.